The molecule has 0 atom stereocenters. The number of amides is 2. The number of aryl methyl sites for hydroxylation is 1. The Balaban J connectivity index is 1.54. The normalized spacial score (nSPS) is 19.0. The van der Waals surface area contributed by atoms with Crippen molar-refractivity contribution in [1.29, 1.82) is 0 Å². The maximum atomic E-state index is 13.5. The van der Waals surface area contributed by atoms with E-state index < -0.39 is 0 Å². The molecule has 0 unspecified atom stereocenters. The Labute approximate surface area is 215 Å². The predicted molar refractivity (Wildman–Crippen MR) is 140 cm³/mol. The maximum absolute atomic E-state index is 13.5. The number of rotatable bonds is 2. The van der Waals surface area contributed by atoms with Crippen molar-refractivity contribution < 1.29 is 14.3 Å². The highest BCUT2D eigenvalue weighted by molar-refractivity contribution is 5.92. The third-order valence-corrected chi connectivity index (χ3v) is 7.45. The van der Waals surface area contributed by atoms with Crippen molar-refractivity contribution in [2.75, 3.05) is 32.8 Å². The number of piperidine rings is 1. The molecule has 3 heterocycles. The van der Waals surface area contributed by atoms with Gasteiger partial charge in [0.15, 0.2) is 0 Å². The summed E-state index contributed by atoms with van der Waals surface area (Å²) in [6.45, 7) is 9.39. The molecule has 0 radical (unpaired) electrons. The SMILES string of the molecule is CC(C)(C)CC(=O)N1CCC2(CCCCc3ccccc3OCCN(C(=O)c3cnccn3)C2)CC1. The second-order valence-corrected chi connectivity index (χ2v) is 11.6. The molecule has 0 saturated carbocycles. The van der Waals surface area contributed by atoms with E-state index in [1.54, 1.807) is 12.4 Å². The van der Waals surface area contributed by atoms with Crippen LogP contribution in [0.25, 0.3) is 0 Å². The van der Waals surface area contributed by atoms with E-state index in [-0.39, 0.29) is 22.6 Å². The smallest absolute Gasteiger partial charge is 0.274 e. The van der Waals surface area contributed by atoms with Crippen LogP contribution in [0, 0.1) is 10.8 Å². The van der Waals surface area contributed by atoms with Crippen molar-refractivity contribution in [3.63, 3.8) is 0 Å². The van der Waals surface area contributed by atoms with Gasteiger partial charge in [0.1, 0.15) is 18.1 Å². The Morgan fingerprint density at radius 1 is 1.00 bits per heavy atom. The van der Waals surface area contributed by atoms with Crippen molar-refractivity contribution in [2.45, 2.75) is 65.7 Å². The minimum atomic E-state index is -0.109. The highest BCUT2D eigenvalue weighted by Gasteiger charge is 2.39. The minimum absolute atomic E-state index is 0.0182. The molecule has 0 bridgehead atoms. The van der Waals surface area contributed by atoms with Crippen LogP contribution in [0.1, 0.15) is 75.3 Å². The standard InChI is InChI=1S/C29H40N4O3/c1-28(2,3)20-26(34)32-16-12-29(13-17-32)11-7-6-9-23-8-4-5-10-25(23)36-19-18-33(22-29)27(35)24-21-30-14-15-31-24/h4-5,8,10,14-15,21H,6-7,9,11-13,16-20,22H2,1-3H3. The van der Waals surface area contributed by atoms with Crippen LogP contribution < -0.4 is 4.74 Å². The number of hydrogen-bond donors (Lipinski definition) is 0. The molecule has 2 amide bonds. The molecule has 194 valence electrons. The average Bonchev–Trinajstić information content (AvgIpc) is 2.85. The van der Waals surface area contributed by atoms with Gasteiger partial charge in [0.05, 0.1) is 12.7 Å². The third kappa shape index (κ3) is 6.83. The van der Waals surface area contributed by atoms with Gasteiger partial charge in [-0.3, -0.25) is 14.6 Å². The summed E-state index contributed by atoms with van der Waals surface area (Å²) in [5, 5.41) is 0. The van der Waals surface area contributed by atoms with E-state index in [4.69, 9.17) is 4.74 Å². The quantitative estimate of drug-likeness (QED) is 0.604. The topological polar surface area (TPSA) is 75.6 Å². The van der Waals surface area contributed by atoms with Crippen LogP contribution in [-0.4, -0.2) is 64.4 Å². The maximum Gasteiger partial charge on any atom is 0.274 e. The molecular weight excluding hydrogens is 452 g/mol. The first-order valence-electron chi connectivity index (χ1n) is 13.3. The van der Waals surface area contributed by atoms with Gasteiger partial charge in [-0.1, -0.05) is 45.4 Å². The molecule has 7 heteroatoms. The summed E-state index contributed by atoms with van der Waals surface area (Å²) < 4.78 is 6.16. The second-order valence-electron chi connectivity index (χ2n) is 11.6. The van der Waals surface area contributed by atoms with E-state index in [0.29, 0.717) is 31.8 Å². The molecule has 1 fully saturated rings. The summed E-state index contributed by atoms with van der Waals surface area (Å²) in [5.41, 5.74) is 1.55. The van der Waals surface area contributed by atoms with Crippen molar-refractivity contribution in [1.82, 2.24) is 19.8 Å². The lowest BCUT2D eigenvalue weighted by molar-refractivity contribution is -0.135. The average molecular weight is 493 g/mol. The first-order chi connectivity index (χ1) is 17.2. The molecule has 0 aliphatic carbocycles. The van der Waals surface area contributed by atoms with Crippen LogP contribution in [-0.2, 0) is 11.2 Å². The summed E-state index contributed by atoms with van der Waals surface area (Å²) in [7, 11) is 0. The lowest BCUT2D eigenvalue weighted by Gasteiger charge is -2.45. The minimum Gasteiger partial charge on any atom is -0.491 e. The molecule has 4 rings (SSSR count). The Hall–Kier alpha value is -2.96. The highest BCUT2D eigenvalue weighted by Crippen LogP contribution is 2.39. The molecular formula is C29H40N4O3. The Morgan fingerprint density at radius 3 is 2.50 bits per heavy atom. The Bertz CT molecular complexity index is 1030. The van der Waals surface area contributed by atoms with Crippen LogP contribution in [0.5, 0.6) is 5.75 Å². The first-order valence-corrected chi connectivity index (χ1v) is 13.3. The van der Waals surface area contributed by atoms with Crippen LogP contribution in [0.15, 0.2) is 42.9 Å². The van der Waals surface area contributed by atoms with Gasteiger partial charge in [-0.25, -0.2) is 4.98 Å². The first kappa shape index (κ1) is 26.1. The zero-order valence-corrected chi connectivity index (χ0v) is 22.0. The largest absolute Gasteiger partial charge is 0.491 e. The summed E-state index contributed by atoms with van der Waals surface area (Å²) in [5.74, 6) is 1.04. The van der Waals surface area contributed by atoms with Gasteiger partial charge >= 0.3 is 0 Å². The van der Waals surface area contributed by atoms with Gasteiger partial charge in [0, 0.05) is 38.4 Å². The predicted octanol–water partition coefficient (Wildman–Crippen LogP) is 4.77. The van der Waals surface area contributed by atoms with Gasteiger partial charge in [0.25, 0.3) is 5.91 Å². The number of nitrogens with zero attached hydrogens (tertiary/aromatic N) is 4. The molecule has 0 N–H and O–H groups in total. The summed E-state index contributed by atoms with van der Waals surface area (Å²) >= 11 is 0. The highest BCUT2D eigenvalue weighted by atomic mass is 16.5. The molecule has 7 nitrogen and oxygen atoms in total. The molecule has 2 aromatic rings. The Kier molecular flexibility index (Phi) is 8.27. The van der Waals surface area contributed by atoms with Gasteiger partial charge in [0.2, 0.25) is 5.91 Å². The van der Waals surface area contributed by atoms with Gasteiger partial charge in [-0.2, -0.15) is 0 Å². The lowest BCUT2D eigenvalue weighted by atomic mass is 9.73. The number of fused-ring (bicyclic) bond motifs is 1. The number of ether oxygens (including phenoxy) is 1. The van der Waals surface area contributed by atoms with Gasteiger partial charge < -0.3 is 14.5 Å². The number of carbonyl (C=O) groups excluding carboxylic acids is 2. The summed E-state index contributed by atoms with van der Waals surface area (Å²) in [6, 6.07) is 8.21. The van der Waals surface area contributed by atoms with E-state index >= 15 is 0 Å². The molecule has 36 heavy (non-hydrogen) atoms. The van der Waals surface area contributed by atoms with E-state index in [0.717, 1.165) is 57.4 Å². The number of hydrogen-bond acceptors (Lipinski definition) is 5. The van der Waals surface area contributed by atoms with Crippen molar-refractivity contribution >= 4 is 11.8 Å². The van der Waals surface area contributed by atoms with E-state index in [1.165, 1.54) is 11.8 Å². The number of carbonyl (C=O) groups is 2. The van der Waals surface area contributed by atoms with Crippen molar-refractivity contribution in [3.05, 3.63) is 54.1 Å². The van der Waals surface area contributed by atoms with E-state index in [9.17, 15) is 9.59 Å². The lowest BCUT2D eigenvalue weighted by Crippen LogP contribution is -2.50. The number of benzene rings is 1. The fraction of sp³-hybridized carbons (Fsp3) is 0.586. The van der Waals surface area contributed by atoms with Crippen LogP contribution in [0.3, 0.4) is 0 Å². The Morgan fingerprint density at radius 2 is 1.78 bits per heavy atom. The van der Waals surface area contributed by atoms with Crippen molar-refractivity contribution in [2.24, 2.45) is 10.8 Å². The van der Waals surface area contributed by atoms with Crippen LogP contribution in [0.4, 0.5) is 0 Å². The molecule has 1 aromatic carbocycles. The monoisotopic (exact) mass is 492 g/mol. The van der Waals surface area contributed by atoms with Crippen LogP contribution in [0.2, 0.25) is 0 Å². The fourth-order valence-electron chi connectivity index (χ4n) is 5.44. The van der Waals surface area contributed by atoms with Gasteiger partial charge in [-0.05, 0) is 54.6 Å². The second kappa shape index (κ2) is 11.4. The zero-order chi connectivity index (χ0) is 25.6. The van der Waals surface area contributed by atoms with Gasteiger partial charge in [-0.15, -0.1) is 0 Å². The molecule has 2 aliphatic rings. The number of aromatic nitrogens is 2. The third-order valence-electron chi connectivity index (χ3n) is 7.45. The zero-order valence-electron chi connectivity index (χ0n) is 22.0. The molecule has 1 saturated heterocycles. The molecule has 1 aromatic heterocycles. The summed E-state index contributed by atoms with van der Waals surface area (Å²) in [6.07, 6.45) is 11.2. The van der Waals surface area contributed by atoms with Crippen molar-refractivity contribution in [3.8, 4) is 5.75 Å². The van der Waals surface area contributed by atoms with E-state index in [2.05, 4.69) is 42.9 Å². The number of likely N-dealkylation sites (tertiary alicyclic amines) is 1. The van der Waals surface area contributed by atoms with Crippen LogP contribution >= 0.6 is 0 Å². The fourth-order valence-corrected chi connectivity index (χ4v) is 5.44. The molecule has 2 aliphatic heterocycles. The molecule has 1 spiro atoms. The number of para-hydroxylation sites is 1. The van der Waals surface area contributed by atoms with E-state index in [1.807, 2.05) is 21.9 Å². The summed E-state index contributed by atoms with van der Waals surface area (Å²) in [4.78, 5) is 38.7.